The second-order valence-electron chi connectivity index (χ2n) is 9.80. The highest BCUT2D eigenvalue weighted by Gasteiger charge is 2.32. The normalized spacial score (nSPS) is 13.5. The third-order valence-corrected chi connectivity index (χ3v) is 6.46. The monoisotopic (exact) mass is 574 g/mol. The maximum atomic E-state index is 13.4. The minimum atomic E-state index is -1.61. The Balaban J connectivity index is 1.76. The zero-order valence-electron chi connectivity index (χ0n) is 22.8. The minimum Gasteiger partial charge on any atom is -0.481 e. The van der Waals surface area contributed by atoms with Crippen LogP contribution >= 0.6 is 0 Å². The maximum absolute atomic E-state index is 13.4. The molecule has 0 bridgehead atoms. The van der Waals surface area contributed by atoms with Crippen molar-refractivity contribution in [1.29, 1.82) is 0 Å². The zero-order chi connectivity index (χ0) is 30.5. The first-order valence-electron chi connectivity index (χ1n) is 13.4. The fraction of sp³-hybridized carbons (Fsp3) is 0.258. The number of aliphatic carboxylic acids is 2. The van der Waals surface area contributed by atoms with Gasteiger partial charge < -0.3 is 31.9 Å². The quantitative estimate of drug-likeness (QED) is 0.155. The number of nitrogens with two attached hydrogens (primary N) is 1. The number of hydrogen-bond donors (Lipinski definition) is 6. The second kappa shape index (κ2) is 15.7. The first kappa shape index (κ1) is 31.5. The molecule has 3 rings (SSSR count). The summed E-state index contributed by atoms with van der Waals surface area (Å²) in [7, 11) is 0. The van der Waals surface area contributed by atoms with Crippen molar-refractivity contribution in [3.63, 3.8) is 0 Å². The zero-order valence-corrected chi connectivity index (χ0v) is 22.8. The number of carbonyl (C=O) groups excluding carboxylic acids is 3. The number of carbonyl (C=O) groups is 5. The van der Waals surface area contributed by atoms with Gasteiger partial charge in [0.15, 0.2) is 0 Å². The lowest BCUT2D eigenvalue weighted by Gasteiger charge is -2.25. The molecule has 11 heteroatoms. The van der Waals surface area contributed by atoms with Crippen molar-refractivity contribution >= 4 is 29.7 Å². The Hall–Kier alpha value is -5.03. The van der Waals surface area contributed by atoms with Gasteiger partial charge >= 0.3 is 11.9 Å². The highest BCUT2D eigenvalue weighted by atomic mass is 16.4. The summed E-state index contributed by atoms with van der Waals surface area (Å²) in [5.41, 5.74) is 8.27. The van der Waals surface area contributed by atoms with Gasteiger partial charge in [-0.3, -0.25) is 19.2 Å². The lowest BCUT2D eigenvalue weighted by Crippen LogP contribution is -2.58. The van der Waals surface area contributed by atoms with E-state index in [0.717, 1.165) is 5.56 Å². The standard InChI is InChI=1S/C31H34N4O7/c32-23(16-20-10-4-1-5-11-20)28(38)33-24(17-21-12-6-2-7-13-21)29(39)34-25(19-27(36)37)30(40)35-26(31(41)42)18-22-14-8-3-9-15-22/h1-15,23-26H,16-19,32H2,(H,33,38)(H,34,39)(H,35,40)(H,36,37)(H,41,42). The Kier molecular flexibility index (Phi) is 11.8. The van der Waals surface area contributed by atoms with Crippen LogP contribution in [0.25, 0.3) is 0 Å². The van der Waals surface area contributed by atoms with E-state index in [1.807, 2.05) is 30.3 Å². The molecule has 3 amide bonds. The molecule has 42 heavy (non-hydrogen) atoms. The van der Waals surface area contributed by atoms with Crippen LogP contribution in [0.5, 0.6) is 0 Å². The van der Waals surface area contributed by atoms with E-state index in [1.54, 1.807) is 60.7 Å². The van der Waals surface area contributed by atoms with Gasteiger partial charge in [0.2, 0.25) is 17.7 Å². The minimum absolute atomic E-state index is 0.0314. The Bertz CT molecular complexity index is 1350. The van der Waals surface area contributed by atoms with Gasteiger partial charge in [0.25, 0.3) is 0 Å². The van der Waals surface area contributed by atoms with Gasteiger partial charge in [-0.15, -0.1) is 0 Å². The summed E-state index contributed by atoms with van der Waals surface area (Å²) in [5, 5.41) is 26.4. The number of nitrogens with one attached hydrogen (secondary N) is 3. The Morgan fingerprint density at radius 3 is 1.38 bits per heavy atom. The van der Waals surface area contributed by atoms with Crippen LogP contribution in [-0.2, 0) is 43.2 Å². The Labute approximate surface area is 243 Å². The molecule has 0 fully saturated rings. The summed E-state index contributed by atoms with van der Waals surface area (Å²) in [6.07, 6.45) is -0.617. The number of rotatable bonds is 15. The fourth-order valence-electron chi connectivity index (χ4n) is 4.28. The van der Waals surface area contributed by atoms with E-state index in [4.69, 9.17) is 5.73 Å². The molecule has 0 aromatic heterocycles. The predicted octanol–water partition coefficient (Wildman–Crippen LogP) is 1.06. The molecule has 4 unspecified atom stereocenters. The van der Waals surface area contributed by atoms with Gasteiger partial charge in [-0.05, 0) is 23.1 Å². The van der Waals surface area contributed by atoms with Crippen molar-refractivity contribution in [2.75, 3.05) is 0 Å². The molecule has 0 aliphatic rings. The molecule has 220 valence electrons. The third-order valence-electron chi connectivity index (χ3n) is 6.46. The summed E-state index contributed by atoms with van der Waals surface area (Å²) in [5.74, 6) is -5.13. The SMILES string of the molecule is NC(Cc1ccccc1)C(=O)NC(Cc1ccccc1)C(=O)NC(CC(=O)O)C(=O)NC(Cc1ccccc1)C(=O)O. The van der Waals surface area contributed by atoms with Crippen LogP contribution < -0.4 is 21.7 Å². The highest BCUT2D eigenvalue weighted by Crippen LogP contribution is 2.08. The van der Waals surface area contributed by atoms with E-state index in [1.165, 1.54) is 0 Å². The van der Waals surface area contributed by atoms with E-state index in [0.29, 0.717) is 11.1 Å². The number of carboxylic acid groups (broad SMARTS) is 2. The summed E-state index contributed by atoms with van der Waals surface area (Å²) >= 11 is 0. The lowest BCUT2D eigenvalue weighted by molar-refractivity contribution is -0.143. The van der Waals surface area contributed by atoms with E-state index >= 15 is 0 Å². The van der Waals surface area contributed by atoms with Crippen LogP contribution in [0.1, 0.15) is 23.1 Å². The average Bonchev–Trinajstić information content (AvgIpc) is 2.97. The van der Waals surface area contributed by atoms with E-state index in [-0.39, 0.29) is 19.3 Å². The highest BCUT2D eigenvalue weighted by molar-refractivity contribution is 5.95. The maximum Gasteiger partial charge on any atom is 0.326 e. The Morgan fingerprint density at radius 1 is 0.548 bits per heavy atom. The summed E-state index contributed by atoms with van der Waals surface area (Å²) < 4.78 is 0. The molecule has 7 N–H and O–H groups in total. The predicted molar refractivity (Wildman–Crippen MR) is 154 cm³/mol. The molecule has 0 spiro atoms. The molecule has 0 aliphatic heterocycles. The van der Waals surface area contributed by atoms with Crippen LogP contribution in [0.3, 0.4) is 0 Å². The van der Waals surface area contributed by atoms with Crippen LogP contribution in [0.2, 0.25) is 0 Å². The fourth-order valence-corrected chi connectivity index (χ4v) is 4.28. The first-order valence-corrected chi connectivity index (χ1v) is 13.4. The lowest BCUT2D eigenvalue weighted by atomic mass is 10.0. The molecule has 0 radical (unpaired) electrons. The first-order chi connectivity index (χ1) is 20.1. The van der Waals surface area contributed by atoms with Crippen LogP contribution in [0.4, 0.5) is 0 Å². The largest absolute Gasteiger partial charge is 0.481 e. The number of benzene rings is 3. The van der Waals surface area contributed by atoms with Crippen molar-refractivity contribution in [2.24, 2.45) is 5.73 Å². The molecule has 0 aliphatic carbocycles. The number of hydrogen-bond acceptors (Lipinski definition) is 6. The van der Waals surface area contributed by atoms with Crippen molar-refractivity contribution in [3.05, 3.63) is 108 Å². The molecule has 4 atom stereocenters. The molecule has 3 aromatic rings. The number of carboxylic acids is 2. The van der Waals surface area contributed by atoms with Crippen molar-refractivity contribution < 1.29 is 34.2 Å². The van der Waals surface area contributed by atoms with E-state index in [2.05, 4.69) is 16.0 Å². The molecular formula is C31H34N4O7. The average molecular weight is 575 g/mol. The van der Waals surface area contributed by atoms with Crippen molar-refractivity contribution in [2.45, 2.75) is 49.9 Å². The van der Waals surface area contributed by atoms with Crippen molar-refractivity contribution in [3.8, 4) is 0 Å². The van der Waals surface area contributed by atoms with Gasteiger partial charge in [0.05, 0.1) is 12.5 Å². The summed E-state index contributed by atoms with van der Waals surface area (Å²) in [6, 6.07) is 21.3. The molecule has 3 aromatic carbocycles. The molecular weight excluding hydrogens is 540 g/mol. The van der Waals surface area contributed by atoms with Gasteiger partial charge in [-0.1, -0.05) is 91.0 Å². The molecule has 0 heterocycles. The van der Waals surface area contributed by atoms with Gasteiger partial charge in [-0.25, -0.2) is 4.79 Å². The Morgan fingerprint density at radius 2 is 0.929 bits per heavy atom. The van der Waals surface area contributed by atoms with Crippen molar-refractivity contribution in [1.82, 2.24) is 16.0 Å². The topological polar surface area (TPSA) is 188 Å². The molecule has 0 saturated carbocycles. The van der Waals surface area contributed by atoms with Crippen LogP contribution in [0, 0.1) is 0 Å². The van der Waals surface area contributed by atoms with E-state index < -0.39 is 60.2 Å². The second-order valence-corrected chi connectivity index (χ2v) is 9.80. The smallest absolute Gasteiger partial charge is 0.326 e. The van der Waals surface area contributed by atoms with Gasteiger partial charge in [-0.2, -0.15) is 0 Å². The van der Waals surface area contributed by atoms with Gasteiger partial charge in [0, 0.05) is 12.8 Å². The summed E-state index contributed by atoms with van der Waals surface area (Å²) in [4.78, 5) is 62.9. The molecule has 0 saturated heterocycles. The van der Waals surface area contributed by atoms with E-state index in [9.17, 15) is 34.2 Å². The third kappa shape index (κ3) is 10.2. The number of amides is 3. The summed E-state index contributed by atoms with van der Waals surface area (Å²) in [6.45, 7) is 0. The van der Waals surface area contributed by atoms with Crippen LogP contribution in [-0.4, -0.2) is 64.0 Å². The molecule has 11 nitrogen and oxygen atoms in total. The van der Waals surface area contributed by atoms with Gasteiger partial charge in [0.1, 0.15) is 18.1 Å². The van der Waals surface area contributed by atoms with Crippen LogP contribution in [0.15, 0.2) is 91.0 Å².